The predicted molar refractivity (Wildman–Crippen MR) is 72.7 cm³/mol. The second kappa shape index (κ2) is 5.98. The third-order valence-electron chi connectivity index (χ3n) is 3.12. The predicted octanol–water partition coefficient (Wildman–Crippen LogP) is 1.27. The molecular formula is C14H22N2O2. The molecule has 0 aliphatic rings. The maximum absolute atomic E-state index is 10.6. The largest absolute Gasteiger partial charge is 0.480 e. The molecule has 0 aromatic heterocycles. The Morgan fingerprint density at radius 2 is 2.06 bits per heavy atom. The van der Waals surface area contributed by atoms with Gasteiger partial charge in [0.25, 0.3) is 0 Å². The average molecular weight is 250 g/mol. The SMILES string of the molecule is Cc1ccccc1C(C)(C)CNCC(N)C(=O)O. The van der Waals surface area contributed by atoms with E-state index in [0.29, 0.717) is 6.54 Å². The molecule has 18 heavy (non-hydrogen) atoms. The van der Waals surface area contributed by atoms with Crippen molar-refractivity contribution in [1.82, 2.24) is 5.32 Å². The Kier molecular flexibility index (Phi) is 4.87. The summed E-state index contributed by atoms with van der Waals surface area (Å²) >= 11 is 0. The van der Waals surface area contributed by atoms with Crippen molar-refractivity contribution in [3.63, 3.8) is 0 Å². The fourth-order valence-corrected chi connectivity index (χ4v) is 2.05. The highest BCUT2D eigenvalue weighted by atomic mass is 16.4. The number of benzene rings is 1. The monoisotopic (exact) mass is 250 g/mol. The van der Waals surface area contributed by atoms with Crippen LogP contribution in [0.3, 0.4) is 0 Å². The topological polar surface area (TPSA) is 75.3 Å². The first kappa shape index (κ1) is 14.7. The highest BCUT2D eigenvalue weighted by molar-refractivity contribution is 5.73. The number of aryl methyl sites for hydroxylation is 1. The summed E-state index contributed by atoms with van der Waals surface area (Å²) in [4.78, 5) is 10.6. The summed E-state index contributed by atoms with van der Waals surface area (Å²) in [5, 5.41) is 11.8. The molecule has 0 saturated carbocycles. The van der Waals surface area contributed by atoms with Gasteiger partial charge in [0.05, 0.1) is 0 Å². The molecule has 100 valence electrons. The van der Waals surface area contributed by atoms with Gasteiger partial charge in [-0.25, -0.2) is 0 Å². The number of carboxylic acid groups (broad SMARTS) is 1. The molecule has 0 amide bonds. The van der Waals surface area contributed by atoms with E-state index in [-0.39, 0.29) is 12.0 Å². The number of hydrogen-bond acceptors (Lipinski definition) is 3. The minimum absolute atomic E-state index is 0.0520. The number of hydrogen-bond donors (Lipinski definition) is 3. The van der Waals surface area contributed by atoms with Crippen LogP contribution in [0.25, 0.3) is 0 Å². The number of carboxylic acids is 1. The lowest BCUT2D eigenvalue weighted by atomic mass is 9.82. The van der Waals surface area contributed by atoms with E-state index >= 15 is 0 Å². The van der Waals surface area contributed by atoms with E-state index in [9.17, 15) is 4.79 Å². The number of nitrogens with one attached hydrogen (secondary N) is 1. The molecule has 0 radical (unpaired) electrons. The summed E-state index contributed by atoms with van der Waals surface area (Å²) in [5.74, 6) is -0.976. The third-order valence-corrected chi connectivity index (χ3v) is 3.12. The molecule has 4 heteroatoms. The van der Waals surface area contributed by atoms with Crippen LogP contribution in [0.2, 0.25) is 0 Å². The van der Waals surface area contributed by atoms with Crippen LogP contribution >= 0.6 is 0 Å². The summed E-state index contributed by atoms with van der Waals surface area (Å²) in [7, 11) is 0. The van der Waals surface area contributed by atoms with Crippen molar-refractivity contribution in [1.29, 1.82) is 0 Å². The van der Waals surface area contributed by atoms with Crippen LogP contribution in [-0.2, 0) is 10.2 Å². The zero-order valence-electron chi connectivity index (χ0n) is 11.2. The molecule has 0 spiro atoms. The first-order valence-corrected chi connectivity index (χ1v) is 6.10. The highest BCUT2D eigenvalue weighted by Gasteiger charge is 2.22. The standard InChI is InChI=1S/C14H22N2O2/c1-10-6-4-5-7-11(10)14(2,3)9-16-8-12(15)13(17)18/h4-7,12,16H,8-9,15H2,1-3H3,(H,17,18). The first-order valence-electron chi connectivity index (χ1n) is 6.10. The fraction of sp³-hybridized carbons (Fsp3) is 0.500. The molecule has 0 heterocycles. The van der Waals surface area contributed by atoms with Gasteiger partial charge in [-0.1, -0.05) is 38.1 Å². The Labute approximate surface area is 108 Å². The number of nitrogens with two attached hydrogens (primary N) is 1. The van der Waals surface area contributed by atoms with Crippen LogP contribution in [0, 0.1) is 6.92 Å². The molecule has 0 aliphatic carbocycles. The lowest BCUT2D eigenvalue weighted by molar-refractivity contribution is -0.138. The smallest absolute Gasteiger partial charge is 0.321 e. The van der Waals surface area contributed by atoms with Crippen LogP contribution in [0.4, 0.5) is 0 Å². The van der Waals surface area contributed by atoms with Gasteiger partial charge in [-0.2, -0.15) is 0 Å². The molecule has 0 bridgehead atoms. The van der Waals surface area contributed by atoms with E-state index < -0.39 is 12.0 Å². The summed E-state index contributed by atoms with van der Waals surface area (Å²) in [6, 6.07) is 7.38. The molecule has 4 nitrogen and oxygen atoms in total. The van der Waals surface area contributed by atoms with E-state index in [1.165, 1.54) is 11.1 Å². The third kappa shape index (κ3) is 3.82. The van der Waals surface area contributed by atoms with E-state index in [4.69, 9.17) is 10.8 Å². The lowest BCUT2D eigenvalue weighted by Gasteiger charge is -2.28. The molecule has 1 rings (SSSR count). The minimum atomic E-state index is -0.976. The molecule has 0 fully saturated rings. The number of aliphatic carboxylic acids is 1. The molecule has 1 atom stereocenters. The molecule has 4 N–H and O–H groups in total. The molecule has 1 aromatic rings. The van der Waals surface area contributed by atoms with E-state index in [2.05, 4.69) is 38.2 Å². The molecular weight excluding hydrogens is 228 g/mol. The summed E-state index contributed by atoms with van der Waals surface area (Å²) in [6.07, 6.45) is 0. The highest BCUT2D eigenvalue weighted by Crippen LogP contribution is 2.25. The van der Waals surface area contributed by atoms with Crippen molar-refractivity contribution in [2.75, 3.05) is 13.1 Å². The zero-order valence-corrected chi connectivity index (χ0v) is 11.2. The molecule has 1 unspecified atom stereocenters. The van der Waals surface area contributed by atoms with Crippen molar-refractivity contribution in [2.24, 2.45) is 5.73 Å². The lowest BCUT2D eigenvalue weighted by Crippen LogP contribution is -2.44. The van der Waals surface area contributed by atoms with Gasteiger partial charge in [0, 0.05) is 18.5 Å². The molecule has 0 saturated heterocycles. The Hall–Kier alpha value is -1.39. The summed E-state index contributed by atoms with van der Waals surface area (Å²) < 4.78 is 0. The van der Waals surface area contributed by atoms with Gasteiger partial charge in [0.2, 0.25) is 0 Å². The van der Waals surface area contributed by atoms with Gasteiger partial charge in [-0.05, 0) is 18.1 Å². The maximum atomic E-state index is 10.6. The number of carbonyl (C=O) groups is 1. The van der Waals surface area contributed by atoms with E-state index in [1.54, 1.807) is 0 Å². The van der Waals surface area contributed by atoms with E-state index in [1.807, 2.05) is 12.1 Å². The van der Waals surface area contributed by atoms with Crippen molar-refractivity contribution >= 4 is 5.97 Å². The average Bonchev–Trinajstić information content (AvgIpc) is 2.28. The van der Waals surface area contributed by atoms with Gasteiger partial charge >= 0.3 is 5.97 Å². The van der Waals surface area contributed by atoms with Crippen LogP contribution < -0.4 is 11.1 Å². The Balaban J connectivity index is 2.60. The van der Waals surface area contributed by atoms with Crippen molar-refractivity contribution in [3.8, 4) is 0 Å². The van der Waals surface area contributed by atoms with Gasteiger partial charge in [0.15, 0.2) is 0 Å². The minimum Gasteiger partial charge on any atom is -0.480 e. The van der Waals surface area contributed by atoms with Gasteiger partial charge < -0.3 is 16.2 Å². The van der Waals surface area contributed by atoms with Crippen LogP contribution in [-0.4, -0.2) is 30.2 Å². The quantitative estimate of drug-likeness (QED) is 0.711. The van der Waals surface area contributed by atoms with E-state index in [0.717, 1.165) is 0 Å². The second-order valence-corrected chi connectivity index (χ2v) is 5.27. The fourth-order valence-electron chi connectivity index (χ4n) is 2.05. The Morgan fingerprint density at radius 1 is 1.44 bits per heavy atom. The summed E-state index contributed by atoms with van der Waals surface area (Å²) in [6.45, 7) is 7.33. The van der Waals surface area contributed by atoms with Gasteiger partial charge in [-0.15, -0.1) is 0 Å². The molecule has 0 aliphatic heterocycles. The Bertz CT molecular complexity index is 416. The number of rotatable bonds is 6. The van der Waals surface area contributed by atoms with Crippen LogP contribution in [0.5, 0.6) is 0 Å². The van der Waals surface area contributed by atoms with Crippen LogP contribution in [0.1, 0.15) is 25.0 Å². The van der Waals surface area contributed by atoms with Crippen molar-refractivity contribution < 1.29 is 9.90 Å². The van der Waals surface area contributed by atoms with Gasteiger partial charge in [-0.3, -0.25) is 4.79 Å². The van der Waals surface area contributed by atoms with Crippen LogP contribution in [0.15, 0.2) is 24.3 Å². The Morgan fingerprint density at radius 3 is 2.61 bits per heavy atom. The van der Waals surface area contributed by atoms with Crippen molar-refractivity contribution in [2.45, 2.75) is 32.2 Å². The normalized spacial score (nSPS) is 13.3. The first-order chi connectivity index (χ1) is 8.34. The second-order valence-electron chi connectivity index (χ2n) is 5.27. The van der Waals surface area contributed by atoms with Crippen molar-refractivity contribution in [3.05, 3.63) is 35.4 Å². The summed E-state index contributed by atoms with van der Waals surface area (Å²) in [5.41, 5.74) is 7.91. The molecule has 1 aromatic carbocycles. The maximum Gasteiger partial charge on any atom is 0.321 e. The zero-order chi connectivity index (χ0) is 13.8. The van der Waals surface area contributed by atoms with Gasteiger partial charge in [0.1, 0.15) is 6.04 Å².